The van der Waals surface area contributed by atoms with E-state index in [9.17, 15) is 18.0 Å². The van der Waals surface area contributed by atoms with Gasteiger partial charge < -0.3 is 20.3 Å². The molecule has 0 aliphatic rings. The lowest BCUT2D eigenvalue weighted by molar-refractivity contribution is 0.0827. The van der Waals surface area contributed by atoms with Gasteiger partial charge in [-0.2, -0.15) is 0 Å². The Morgan fingerprint density at radius 1 is 0.791 bits per heavy atom. The Morgan fingerprint density at radius 3 is 2.23 bits per heavy atom. The third-order valence-electron chi connectivity index (χ3n) is 6.67. The molecule has 224 valence electrons. The first-order valence-corrected chi connectivity index (χ1v) is 15.3. The maximum Gasteiger partial charge on any atom is 0.265 e. The molecule has 10 heteroatoms. The van der Waals surface area contributed by atoms with Gasteiger partial charge in [0.1, 0.15) is 10.6 Å². The summed E-state index contributed by atoms with van der Waals surface area (Å²) in [5, 5.41) is 6.18. The van der Waals surface area contributed by atoms with Crippen molar-refractivity contribution < 1.29 is 22.7 Å². The van der Waals surface area contributed by atoms with Gasteiger partial charge in [0.2, 0.25) is 0 Å². The van der Waals surface area contributed by atoms with Gasteiger partial charge in [-0.1, -0.05) is 42.0 Å². The number of carbonyl (C=O) groups excluding carboxylic acids is 2. The molecule has 0 aliphatic heterocycles. The summed E-state index contributed by atoms with van der Waals surface area (Å²) in [7, 11) is 0.732. The van der Waals surface area contributed by atoms with E-state index in [0.29, 0.717) is 47.5 Å². The average molecular weight is 601 g/mol. The summed E-state index contributed by atoms with van der Waals surface area (Å²) in [6.45, 7) is 3.02. The van der Waals surface area contributed by atoms with Gasteiger partial charge in [0.15, 0.2) is 0 Å². The number of sulfonamides is 1. The molecule has 9 nitrogen and oxygen atoms in total. The van der Waals surface area contributed by atoms with Crippen molar-refractivity contribution in [3.05, 3.63) is 108 Å². The molecule has 0 heterocycles. The molecular formula is C33H36N4O5S. The largest absolute Gasteiger partial charge is 0.495 e. The molecule has 2 amide bonds. The average Bonchev–Trinajstić information content (AvgIpc) is 3.00. The van der Waals surface area contributed by atoms with E-state index in [4.69, 9.17) is 4.74 Å². The second-order valence-corrected chi connectivity index (χ2v) is 11.9. The molecule has 0 atom stereocenters. The van der Waals surface area contributed by atoms with E-state index in [0.717, 1.165) is 11.3 Å². The lowest BCUT2D eigenvalue weighted by Crippen LogP contribution is -2.25. The highest BCUT2D eigenvalue weighted by atomic mass is 32.2. The zero-order chi connectivity index (χ0) is 31.0. The summed E-state index contributed by atoms with van der Waals surface area (Å²) >= 11 is 0. The van der Waals surface area contributed by atoms with Crippen LogP contribution in [0.3, 0.4) is 0 Å². The van der Waals surface area contributed by atoms with Crippen molar-refractivity contribution in [1.82, 2.24) is 10.2 Å². The minimum absolute atomic E-state index is 0.0282. The first-order chi connectivity index (χ1) is 20.6. The van der Waals surface area contributed by atoms with Gasteiger partial charge in [-0.05, 0) is 79.1 Å². The van der Waals surface area contributed by atoms with Crippen LogP contribution in [0, 0.1) is 6.92 Å². The van der Waals surface area contributed by atoms with E-state index in [1.54, 1.807) is 68.7 Å². The number of amides is 2. The molecule has 0 radical (unpaired) electrons. The Labute approximate surface area is 252 Å². The highest BCUT2D eigenvalue weighted by Gasteiger charge is 2.21. The summed E-state index contributed by atoms with van der Waals surface area (Å²) < 4.78 is 35.1. The molecule has 0 saturated heterocycles. The summed E-state index contributed by atoms with van der Waals surface area (Å²) in [6.07, 6.45) is 0.679. The maximum absolute atomic E-state index is 13.5. The molecule has 0 spiro atoms. The second kappa shape index (κ2) is 13.9. The molecule has 0 fully saturated rings. The summed E-state index contributed by atoms with van der Waals surface area (Å²) in [5.41, 5.74) is 4.59. The predicted molar refractivity (Wildman–Crippen MR) is 170 cm³/mol. The lowest BCUT2D eigenvalue weighted by atomic mass is 10.0. The normalized spacial score (nSPS) is 11.0. The number of carbonyl (C=O) groups is 2. The Morgan fingerprint density at radius 2 is 1.49 bits per heavy atom. The van der Waals surface area contributed by atoms with Crippen LogP contribution in [0.5, 0.6) is 5.75 Å². The van der Waals surface area contributed by atoms with Gasteiger partial charge in [0.05, 0.1) is 12.8 Å². The molecule has 0 aliphatic carbocycles. The van der Waals surface area contributed by atoms with Crippen molar-refractivity contribution in [1.29, 1.82) is 0 Å². The minimum Gasteiger partial charge on any atom is -0.495 e. The first kappa shape index (κ1) is 31.1. The zero-order valence-electron chi connectivity index (χ0n) is 24.7. The van der Waals surface area contributed by atoms with E-state index in [2.05, 4.69) is 15.4 Å². The highest BCUT2D eigenvalue weighted by molar-refractivity contribution is 7.92. The van der Waals surface area contributed by atoms with Gasteiger partial charge in [-0.25, -0.2) is 8.42 Å². The monoisotopic (exact) mass is 600 g/mol. The van der Waals surface area contributed by atoms with E-state index < -0.39 is 10.0 Å². The first-order valence-electron chi connectivity index (χ1n) is 13.8. The van der Waals surface area contributed by atoms with Crippen LogP contribution in [0.2, 0.25) is 0 Å². The van der Waals surface area contributed by atoms with Crippen LogP contribution >= 0.6 is 0 Å². The molecule has 0 aromatic heterocycles. The van der Waals surface area contributed by atoms with Crippen LogP contribution < -0.4 is 20.1 Å². The van der Waals surface area contributed by atoms with Crippen LogP contribution in [0.1, 0.15) is 32.7 Å². The lowest BCUT2D eigenvalue weighted by Gasteiger charge is -2.15. The number of rotatable bonds is 12. The predicted octanol–water partition coefficient (Wildman–Crippen LogP) is 5.41. The number of methoxy groups -OCH3 is 1. The number of ether oxygens (including phenoxy) is 1. The van der Waals surface area contributed by atoms with E-state index in [1.807, 2.05) is 37.3 Å². The topological polar surface area (TPSA) is 117 Å². The fourth-order valence-corrected chi connectivity index (χ4v) is 5.72. The van der Waals surface area contributed by atoms with Gasteiger partial charge in [0.25, 0.3) is 21.8 Å². The minimum atomic E-state index is -4.04. The number of anilines is 2. The third-order valence-corrected chi connectivity index (χ3v) is 8.07. The van der Waals surface area contributed by atoms with Gasteiger partial charge in [-0.3, -0.25) is 14.3 Å². The molecule has 0 bridgehead atoms. The van der Waals surface area contributed by atoms with Crippen LogP contribution in [-0.4, -0.2) is 59.4 Å². The van der Waals surface area contributed by atoms with Crippen molar-refractivity contribution in [2.24, 2.45) is 0 Å². The van der Waals surface area contributed by atoms with Gasteiger partial charge >= 0.3 is 0 Å². The van der Waals surface area contributed by atoms with Crippen LogP contribution in [0.25, 0.3) is 11.1 Å². The maximum atomic E-state index is 13.5. The van der Waals surface area contributed by atoms with E-state index in [1.165, 1.54) is 18.1 Å². The SMILES string of the molecule is COc1ccc(-c2cccc(C(=O)N(C)C)c2)cc1S(=O)(=O)Nc1cccc(NCCCNC(=O)c2cccc(C)c2)c1. The molecule has 4 rings (SSSR count). The zero-order valence-corrected chi connectivity index (χ0v) is 25.5. The Kier molecular flexibility index (Phi) is 10.0. The van der Waals surface area contributed by atoms with Crippen molar-refractivity contribution in [2.75, 3.05) is 44.3 Å². The highest BCUT2D eigenvalue weighted by Crippen LogP contribution is 2.32. The number of hydrogen-bond acceptors (Lipinski definition) is 6. The standard InChI is InChI=1S/C33H36N4O5S/c1-23-9-5-11-26(19-23)32(38)35-18-8-17-34-28-13-7-14-29(22-28)36-43(40,41)31-21-25(15-16-30(31)42-4)24-10-6-12-27(20-24)33(39)37(2)3/h5-7,9-16,19-22,34,36H,8,17-18H2,1-4H3,(H,35,38). The number of benzene rings is 4. The molecule has 0 saturated carbocycles. The van der Waals surface area contributed by atoms with Crippen molar-refractivity contribution in [3.63, 3.8) is 0 Å². The fourth-order valence-electron chi connectivity index (χ4n) is 4.47. The molecule has 0 unspecified atom stereocenters. The van der Waals surface area contributed by atoms with Gasteiger partial charge in [-0.15, -0.1) is 0 Å². The quantitative estimate of drug-likeness (QED) is 0.187. The number of hydrogen-bond donors (Lipinski definition) is 3. The number of aryl methyl sites for hydroxylation is 1. The van der Waals surface area contributed by atoms with Crippen LogP contribution in [0.15, 0.2) is 95.9 Å². The fraction of sp³-hybridized carbons (Fsp3) is 0.212. The third kappa shape index (κ3) is 8.14. The summed E-state index contributed by atoms with van der Waals surface area (Å²) in [5.74, 6) is -0.0708. The summed E-state index contributed by atoms with van der Waals surface area (Å²) in [4.78, 5) is 26.2. The molecule has 43 heavy (non-hydrogen) atoms. The second-order valence-electron chi connectivity index (χ2n) is 10.2. The van der Waals surface area contributed by atoms with Gasteiger partial charge in [0, 0.05) is 44.0 Å². The summed E-state index contributed by atoms with van der Waals surface area (Å²) in [6, 6.07) is 26.3. The van der Waals surface area contributed by atoms with Crippen molar-refractivity contribution in [2.45, 2.75) is 18.2 Å². The number of nitrogens with zero attached hydrogens (tertiary/aromatic N) is 1. The van der Waals surface area contributed by atoms with E-state index >= 15 is 0 Å². The Hall–Kier alpha value is -4.83. The Balaban J connectivity index is 1.42. The smallest absolute Gasteiger partial charge is 0.265 e. The molecular weight excluding hydrogens is 564 g/mol. The Bertz CT molecular complexity index is 1720. The number of nitrogens with one attached hydrogen (secondary N) is 3. The van der Waals surface area contributed by atoms with Crippen molar-refractivity contribution >= 4 is 33.2 Å². The van der Waals surface area contributed by atoms with Crippen LogP contribution in [0.4, 0.5) is 11.4 Å². The van der Waals surface area contributed by atoms with Crippen molar-refractivity contribution in [3.8, 4) is 16.9 Å². The van der Waals surface area contributed by atoms with Crippen LogP contribution in [-0.2, 0) is 10.0 Å². The molecule has 4 aromatic rings. The molecule has 3 N–H and O–H groups in total. The molecule has 4 aromatic carbocycles. The van der Waals surface area contributed by atoms with E-state index in [-0.39, 0.29) is 22.5 Å².